The highest BCUT2D eigenvalue weighted by molar-refractivity contribution is 5.89. The molecule has 138 valence electrons. The Kier molecular flexibility index (Phi) is 4.42. The second-order valence-corrected chi connectivity index (χ2v) is 7.61. The van der Waals surface area contributed by atoms with Crippen LogP contribution < -0.4 is 0 Å². The SMILES string of the molecule is CN(Cc1cc2cc(F)ccc2[nH]1)C(=O)C1CC(=O)N(C2CCCC2)C1. The van der Waals surface area contributed by atoms with Crippen LogP contribution in [0.1, 0.15) is 37.8 Å². The molecule has 2 aromatic rings. The number of hydrogen-bond donors (Lipinski definition) is 1. The fourth-order valence-corrected chi connectivity index (χ4v) is 4.36. The summed E-state index contributed by atoms with van der Waals surface area (Å²) in [6, 6.07) is 6.79. The maximum Gasteiger partial charge on any atom is 0.228 e. The van der Waals surface area contributed by atoms with Gasteiger partial charge in [0, 0.05) is 42.7 Å². The van der Waals surface area contributed by atoms with Crippen molar-refractivity contribution >= 4 is 22.7 Å². The van der Waals surface area contributed by atoms with Crippen LogP contribution in [0.25, 0.3) is 10.9 Å². The van der Waals surface area contributed by atoms with Gasteiger partial charge in [-0.15, -0.1) is 0 Å². The van der Waals surface area contributed by atoms with Gasteiger partial charge in [0.15, 0.2) is 0 Å². The Hall–Kier alpha value is -2.37. The maximum atomic E-state index is 13.3. The highest BCUT2D eigenvalue weighted by Gasteiger charge is 2.39. The summed E-state index contributed by atoms with van der Waals surface area (Å²) in [4.78, 5) is 31.9. The molecule has 0 bridgehead atoms. The van der Waals surface area contributed by atoms with Crippen molar-refractivity contribution in [3.8, 4) is 0 Å². The molecule has 2 fully saturated rings. The van der Waals surface area contributed by atoms with Gasteiger partial charge in [-0.25, -0.2) is 4.39 Å². The zero-order valence-electron chi connectivity index (χ0n) is 15.0. The lowest BCUT2D eigenvalue weighted by Gasteiger charge is -2.25. The lowest BCUT2D eigenvalue weighted by Crippen LogP contribution is -2.37. The van der Waals surface area contributed by atoms with E-state index in [1.807, 2.05) is 11.0 Å². The standard InChI is InChI=1S/C20H24FN3O2/c1-23(12-16-9-13-8-15(21)6-7-18(13)22-16)20(26)14-10-19(25)24(11-14)17-4-2-3-5-17/h6-9,14,17,22H,2-5,10-12H2,1H3. The lowest BCUT2D eigenvalue weighted by molar-refractivity contribution is -0.135. The van der Waals surface area contributed by atoms with Crippen LogP contribution in [0.3, 0.4) is 0 Å². The third-order valence-electron chi connectivity index (χ3n) is 5.70. The first-order valence-electron chi connectivity index (χ1n) is 9.33. The summed E-state index contributed by atoms with van der Waals surface area (Å²) in [5.41, 5.74) is 1.71. The fraction of sp³-hybridized carbons (Fsp3) is 0.500. The number of rotatable bonds is 4. The Morgan fingerprint density at radius 3 is 2.85 bits per heavy atom. The fourth-order valence-electron chi connectivity index (χ4n) is 4.36. The Bertz CT molecular complexity index is 841. The van der Waals surface area contributed by atoms with Crippen molar-refractivity contribution < 1.29 is 14.0 Å². The molecule has 1 saturated heterocycles. The normalized spacial score (nSPS) is 21.1. The van der Waals surface area contributed by atoms with Crippen LogP contribution in [0, 0.1) is 11.7 Å². The molecule has 1 aromatic carbocycles. The van der Waals surface area contributed by atoms with Crippen LogP contribution in [0.4, 0.5) is 4.39 Å². The van der Waals surface area contributed by atoms with Gasteiger partial charge in [0.05, 0.1) is 12.5 Å². The molecule has 1 unspecified atom stereocenters. The highest BCUT2D eigenvalue weighted by atomic mass is 19.1. The van der Waals surface area contributed by atoms with Crippen molar-refractivity contribution in [1.82, 2.24) is 14.8 Å². The molecular weight excluding hydrogens is 333 g/mol. The number of carbonyl (C=O) groups is 2. The second-order valence-electron chi connectivity index (χ2n) is 7.61. The Morgan fingerprint density at radius 1 is 1.31 bits per heavy atom. The Morgan fingerprint density at radius 2 is 2.08 bits per heavy atom. The van der Waals surface area contributed by atoms with Gasteiger partial charge in [0.2, 0.25) is 11.8 Å². The minimum atomic E-state index is -0.274. The number of aromatic nitrogens is 1. The number of nitrogens with zero attached hydrogens (tertiary/aromatic N) is 2. The zero-order chi connectivity index (χ0) is 18.3. The van der Waals surface area contributed by atoms with Gasteiger partial charge >= 0.3 is 0 Å². The van der Waals surface area contributed by atoms with E-state index in [-0.39, 0.29) is 23.5 Å². The number of likely N-dealkylation sites (tertiary alicyclic amines) is 1. The summed E-state index contributed by atoms with van der Waals surface area (Å²) in [6.07, 6.45) is 4.79. The largest absolute Gasteiger partial charge is 0.357 e. The molecule has 1 N–H and O–H groups in total. The van der Waals surface area contributed by atoms with Crippen molar-refractivity contribution in [2.24, 2.45) is 5.92 Å². The molecule has 1 aliphatic heterocycles. The van der Waals surface area contributed by atoms with Crippen molar-refractivity contribution in [3.63, 3.8) is 0 Å². The molecule has 1 aromatic heterocycles. The Labute approximate surface area is 152 Å². The minimum absolute atomic E-state index is 0.00341. The zero-order valence-corrected chi connectivity index (χ0v) is 15.0. The first-order valence-corrected chi connectivity index (χ1v) is 9.33. The van der Waals surface area contributed by atoms with Crippen LogP contribution in [0.5, 0.6) is 0 Å². The number of benzene rings is 1. The molecule has 2 aliphatic rings. The van der Waals surface area contributed by atoms with Crippen LogP contribution in [0.15, 0.2) is 24.3 Å². The first-order chi connectivity index (χ1) is 12.5. The van der Waals surface area contributed by atoms with Crippen molar-refractivity contribution in [2.75, 3.05) is 13.6 Å². The molecule has 0 radical (unpaired) electrons. The van der Waals surface area contributed by atoms with Gasteiger partial charge in [-0.05, 0) is 37.1 Å². The highest BCUT2D eigenvalue weighted by Crippen LogP contribution is 2.30. The summed E-state index contributed by atoms with van der Waals surface area (Å²) in [5.74, 6) is -0.410. The molecule has 6 heteroatoms. The number of halogens is 1. The summed E-state index contributed by atoms with van der Waals surface area (Å²) in [5, 5.41) is 0.796. The topological polar surface area (TPSA) is 56.4 Å². The number of carbonyl (C=O) groups excluding carboxylic acids is 2. The molecule has 0 spiro atoms. The summed E-state index contributed by atoms with van der Waals surface area (Å²) in [7, 11) is 1.76. The van der Waals surface area contributed by atoms with Crippen LogP contribution in [0.2, 0.25) is 0 Å². The third kappa shape index (κ3) is 3.20. The molecule has 2 amide bonds. The van der Waals surface area contributed by atoms with Crippen molar-refractivity contribution in [3.05, 3.63) is 35.8 Å². The predicted molar refractivity (Wildman–Crippen MR) is 96.8 cm³/mol. The number of nitrogens with one attached hydrogen (secondary N) is 1. The van der Waals surface area contributed by atoms with E-state index in [1.54, 1.807) is 18.0 Å². The maximum absolute atomic E-state index is 13.3. The van der Waals surface area contributed by atoms with E-state index in [1.165, 1.54) is 25.0 Å². The number of H-pyrrole nitrogens is 1. The van der Waals surface area contributed by atoms with Gasteiger partial charge in [-0.2, -0.15) is 0 Å². The quantitative estimate of drug-likeness (QED) is 0.914. The number of fused-ring (bicyclic) bond motifs is 1. The van der Waals surface area contributed by atoms with E-state index >= 15 is 0 Å². The van der Waals surface area contributed by atoms with E-state index in [2.05, 4.69) is 4.98 Å². The van der Waals surface area contributed by atoms with E-state index < -0.39 is 0 Å². The number of aromatic amines is 1. The Balaban J connectivity index is 1.41. The number of hydrogen-bond acceptors (Lipinski definition) is 2. The van der Waals surface area contributed by atoms with Gasteiger partial charge in [-0.3, -0.25) is 9.59 Å². The molecule has 4 rings (SSSR count). The van der Waals surface area contributed by atoms with Gasteiger partial charge < -0.3 is 14.8 Å². The summed E-state index contributed by atoms with van der Waals surface area (Å²) < 4.78 is 13.3. The molecule has 26 heavy (non-hydrogen) atoms. The van der Waals surface area contributed by atoms with Gasteiger partial charge in [-0.1, -0.05) is 12.8 Å². The monoisotopic (exact) mass is 357 g/mol. The lowest BCUT2D eigenvalue weighted by atomic mass is 10.1. The molecule has 2 heterocycles. The smallest absolute Gasteiger partial charge is 0.228 e. The molecule has 5 nitrogen and oxygen atoms in total. The molecule has 1 atom stereocenters. The molecule has 1 aliphatic carbocycles. The van der Waals surface area contributed by atoms with E-state index in [9.17, 15) is 14.0 Å². The van der Waals surface area contributed by atoms with E-state index in [4.69, 9.17) is 0 Å². The van der Waals surface area contributed by atoms with Crippen molar-refractivity contribution in [1.29, 1.82) is 0 Å². The third-order valence-corrected chi connectivity index (χ3v) is 5.70. The van der Waals surface area contributed by atoms with Gasteiger partial charge in [0.1, 0.15) is 5.82 Å². The number of amides is 2. The van der Waals surface area contributed by atoms with E-state index in [0.717, 1.165) is 29.4 Å². The van der Waals surface area contributed by atoms with Gasteiger partial charge in [0.25, 0.3) is 0 Å². The second kappa shape index (κ2) is 6.74. The average molecular weight is 357 g/mol. The average Bonchev–Trinajstić information content (AvgIpc) is 3.32. The van der Waals surface area contributed by atoms with Crippen LogP contribution in [-0.4, -0.2) is 46.2 Å². The first kappa shape index (κ1) is 17.1. The molecular formula is C20H24FN3O2. The summed E-state index contributed by atoms with van der Waals surface area (Å²) >= 11 is 0. The minimum Gasteiger partial charge on any atom is -0.357 e. The summed E-state index contributed by atoms with van der Waals surface area (Å²) in [6.45, 7) is 0.966. The van der Waals surface area contributed by atoms with Crippen molar-refractivity contribution in [2.45, 2.75) is 44.7 Å². The van der Waals surface area contributed by atoms with E-state index in [0.29, 0.717) is 25.6 Å². The van der Waals surface area contributed by atoms with Crippen LogP contribution in [-0.2, 0) is 16.1 Å². The van der Waals surface area contributed by atoms with Crippen LogP contribution >= 0.6 is 0 Å². The molecule has 1 saturated carbocycles. The predicted octanol–water partition coefficient (Wildman–Crippen LogP) is 3.06.